The highest BCUT2D eigenvalue weighted by atomic mass is 16.5. The third kappa shape index (κ3) is 3.09. The minimum Gasteiger partial charge on any atom is -0.491 e. The van der Waals surface area contributed by atoms with Crippen molar-refractivity contribution >= 4 is 5.91 Å². The van der Waals surface area contributed by atoms with E-state index in [0.29, 0.717) is 25.6 Å². The van der Waals surface area contributed by atoms with Crippen molar-refractivity contribution in [3.63, 3.8) is 0 Å². The first-order valence-corrected chi connectivity index (χ1v) is 8.03. The van der Waals surface area contributed by atoms with E-state index in [9.17, 15) is 4.79 Å². The van der Waals surface area contributed by atoms with Crippen LogP contribution in [-0.4, -0.2) is 49.2 Å². The maximum atomic E-state index is 12.2. The number of carbonyl (C=O) groups is 1. The number of likely N-dealkylation sites (tertiary alicyclic amines) is 1. The van der Waals surface area contributed by atoms with Crippen LogP contribution in [0.3, 0.4) is 0 Å². The number of pyridine rings is 1. The van der Waals surface area contributed by atoms with Gasteiger partial charge in [-0.3, -0.25) is 9.78 Å². The lowest BCUT2D eigenvalue weighted by molar-refractivity contribution is -0.131. The Morgan fingerprint density at radius 1 is 1.55 bits per heavy atom. The summed E-state index contributed by atoms with van der Waals surface area (Å²) in [6, 6.07) is 3.82. The molecule has 22 heavy (non-hydrogen) atoms. The fourth-order valence-electron chi connectivity index (χ4n) is 3.85. The monoisotopic (exact) mass is 304 g/mol. The number of rotatable bonds is 6. The highest BCUT2D eigenvalue weighted by Gasteiger charge is 2.51. The zero-order chi connectivity index (χ0) is 15.4. The van der Waals surface area contributed by atoms with Gasteiger partial charge in [0, 0.05) is 31.8 Å². The lowest BCUT2D eigenvalue weighted by atomic mass is 9.81. The van der Waals surface area contributed by atoms with E-state index in [1.165, 1.54) is 12.8 Å². The highest BCUT2D eigenvalue weighted by molar-refractivity contribution is 5.76. The maximum Gasteiger partial charge on any atom is 0.224 e. The summed E-state index contributed by atoms with van der Waals surface area (Å²) in [4.78, 5) is 18.3. The molecule has 1 aromatic heterocycles. The molecule has 0 spiro atoms. The zero-order valence-corrected chi connectivity index (χ0v) is 13.2. The second-order valence-corrected chi connectivity index (χ2v) is 6.45. The normalized spacial score (nSPS) is 27.0. The molecule has 2 atom stereocenters. The first-order valence-electron chi connectivity index (χ1n) is 8.03. The average molecular weight is 304 g/mol. The van der Waals surface area contributed by atoms with Crippen molar-refractivity contribution in [3.8, 4) is 5.75 Å². The molecule has 1 aliphatic carbocycles. The summed E-state index contributed by atoms with van der Waals surface area (Å²) in [5, 5.41) is 0. The van der Waals surface area contributed by atoms with Crippen LogP contribution < -0.4 is 4.74 Å². The molecule has 0 aromatic carbocycles. The van der Waals surface area contributed by atoms with E-state index in [-0.39, 0.29) is 11.3 Å². The Labute approximate surface area is 131 Å². The van der Waals surface area contributed by atoms with Crippen LogP contribution in [0.1, 0.15) is 25.7 Å². The fourth-order valence-corrected chi connectivity index (χ4v) is 3.85. The van der Waals surface area contributed by atoms with E-state index in [2.05, 4.69) is 4.98 Å². The van der Waals surface area contributed by atoms with Crippen LogP contribution in [0.2, 0.25) is 0 Å². The molecule has 1 aromatic rings. The van der Waals surface area contributed by atoms with Gasteiger partial charge in [0.1, 0.15) is 5.75 Å². The molecule has 0 unspecified atom stereocenters. The van der Waals surface area contributed by atoms with E-state index in [1.54, 1.807) is 19.5 Å². The Bertz CT molecular complexity index is 508. The molecule has 2 fully saturated rings. The van der Waals surface area contributed by atoms with Crippen molar-refractivity contribution < 1.29 is 14.3 Å². The van der Waals surface area contributed by atoms with Gasteiger partial charge in [0.2, 0.25) is 5.91 Å². The van der Waals surface area contributed by atoms with Gasteiger partial charge in [-0.15, -0.1) is 0 Å². The molecule has 1 amide bonds. The Morgan fingerprint density at radius 2 is 2.45 bits per heavy atom. The van der Waals surface area contributed by atoms with Crippen molar-refractivity contribution in [2.75, 3.05) is 33.4 Å². The van der Waals surface area contributed by atoms with Crippen molar-refractivity contribution in [1.29, 1.82) is 0 Å². The number of amides is 1. The SMILES string of the molecule is COCCC(=O)N1C[C@H]2CCC[C@]2(COc2cccnc2)C1. The maximum absolute atomic E-state index is 12.2. The Balaban J connectivity index is 1.62. The zero-order valence-electron chi connectivity index (χ0n) is 13.2. The van der Waals surface area contributed by atoms with Crippen LogP contribution in [0.25, 0.3) is 0 Å². The number of hydrogen-bond donors (Lipinski definition) is 0. The molecule has 3 rings (SSSR count). The van der Waals surface area contributed by atoms with Crippen LogP contribution in [-0.2, 0) is 9.53 Å². The second-order valence-electron chi connectivity index (χ2n) is 6.45. The molecule has 5 heteroatoms. The van der Waals surface area contributed by atoms with Crippen LogP contribution in [0.5, 0.6) is 5.75 Å². The Morgan fingerprint density at radius 3 is 3.23 bits per heavy atom. The smallest absolute Gasteiger partial charge is 0.224 e. The summed E-state index contributed by atoms with van der Waals surface area (Å²) >= 11 is 0. The number of hydrogen-bond acceptors (Lipinski definition) is 4. The van der Waals surface area contributed by atoms with E-state index in [1.807, 2.05) is 17.0 Å². The number of methoxy groups -OCH3 is 1. The molecule has 1 saturated carbocycles. The Hall–Kier alpha value is -1.62. The van der Waals surface area contributed by atoms with Gasteiger partial charge in [0.05, 0.1) is 25.8 Å². The summed E-state index contributed by atoms with van der Waals surface area (Å²) in [5.41, 5.74) is 0.124. The van der Waals surface area contributed by atoms with Crippen LogP contribution in [0.4, 0.5) is 0 Å². The summed E-state index contributed by atoms with van der Waals surface area (Å²) in [5.74, 6) is 1.58. The minimum absolute atomic E-state index is 0.124. The number of carbonyl (C=O) groups excluding carboxylic acids is 1. The molecule has 2 heterocycles. The van der Waals surface area contributed by atoms with Gasteiger partial charge in [0.15, 0.2) is 0 Å². The number of fused-ring (bicyclic) bond motifs is 1. The van der Waals surface area contributed by atoms with E-state index < -0.39 is 0 Å². The van der Waals surface area contributed by atoms with E-state index in [0.717, 1.165) is 25.3 Å². The van der Waals surface area contributed by atoms with Gasteiger partial charge >= 0.3 is 0 Å². The molecule has 1 aliphatic heterocycles. The van der Waals surface area contributed by atoms with Gasteiger partial charge in [-0.2, -0.15) is 0 Å². The van der Waals surface area contributed by atoms with Crippen LogP contribution in [0, 0.1) is 11.3 Å². The lowest BCUT2D eigenvalue weighted by Crippen LogP contribution is -2.35. The Kier molecular flexibility index (Phi) is 4.62. The predicted octanol–water partition coefficient (Wildman–Crippen LogP) is 2.13. The summed E-state index contributed by atoms with van der Waals surface area (Å²) in [7, 11) is 1.63. The molecule has 1 saturated heterocycles. The fraction of sp³-hybridized carbons (Fsp3) is 0.647. The molecule has 5 nitrogen and oxygen atoms in total. The topological polar surface area (TPSA) is 51.7 Å². The second kappa shape index (κ2) is 6.65. The summed E-state index contributed by atoms with van der Waals surface area (Å²) in [6.07, 6.45) is 7.55. The quantitative estimate of drug-likeness (QED) is 0.808. The van der Waals surface area contributed by atoms with Gasteiger partial charge in [-0.25, -0.2) is 0 Å². The molecule has 0 radical (unpaired) electrons. The first kappa shape index (κ1) is 15.3. The van der Waals surface area contributed by atoms with Gasteiger partial charge in [-0.1, -0.05) is 6.42 Å². The van der Waals surface area contributed by atoms with E-state index >= 15 is 0 Å². The van der Waals surface area contributed by atoms with Crippen molar-refractivity contribution in [2.45, 2.75) is 25.7 Å². The van der Waals surface area contributed by atoms with Gasteiger partial charge < -0.3 is 14.4 Å². The van der Waals surface area contributed by atoms with Crippen molar-refractivity contribution in [2.24, 2.45) is 11.3 Å². The predicted molar refractivity (Wildman–Crippen MR) is 82.6 cm³/mol. The largest absolute Gasteiger partial charge is 0.491 e. The number of nitrogens with zero attached hydrogens (tertiary/aromatic N) is 2. The summed E-state index contributed by atoms with van der Waals surface area (Å²) in [6.45, 7) is 2.87. The summed E-state index contributed by atoms with van der Waals surface area (Å²) < 4.78 is 11.0. The minimum atomic E-state index is 0.124. The van der Waals surface area contributed by atoms with Gasteiger partial charge in [-0.05, 0) is 30.9 Å². The van der Waals surface area contributed by atoms with Crippen molar-refractivity contribution in [1.82, 2.24) is 9.88 Å². The standard InChI is InChI=1S/C17H24N2O3/c1-21-9-6-16(20)19-11-14-4-2-7-17(14,12-19)13-22-15-5-3-8-18-10-15/h3,5,8,10,14H,2,4,6-7,9,11-13H2,1H3/t14-,17-/m1/s1. The molecule has 120 valence electrons. The molecule has 2 aliphatic rings. The highest BCUT2D eigenvalue weighted by Crippen LogP contribution is 2.49. The van der Waals surface area contributed by atoms with Crippen LogP contribution in [0.15, 0.2) is 24.5 Å². The number of aromatic nitrogens is 1. The lowest BCUT2D eigenvalue weighted by Gasteiger charge is -2.28. The molecular weight excluding hydrogens is 280 g/mol. The van der Waals surface area contributed by atoms with Crippen molar-refractivity contribution in [3.05, 3.63) is 24.5 Å². The third-order valence-corrected chi connectivity index (χ3v) is 5.07. The van der Waals surface area contributed by atoms with Crippen LogP contribution >= 0.6 is 0 Å². The van der Waals surface area contributed by atoms with E-state index in [4.69, 9.17) is 9.47 Å². The molecular formula is C17H24N2O3. The first-order chi connectivity index (χ1) is 10.7. The third-order valence-electron chi connectivity index (χ3n) is 5.07. The number of ether oxygens (including phenoxy) is 2. The average Bonchev–Trinajstić information content (AvgIpc) is 3.09. The van der Waals surface area contributed by atoms with Gasteiger partial charge in [0.25, 0.3) is 0 Å². The molecule has 0 N–H and O–H groups in total. The molecule has 0 bridgehead atoms.